The average Bonchev–Trinajstić information content (AvgIpc) is 3.03. The highest BCUT2D eigenvalue weighted by Gasteiger charge is 2.53. The van der Waals surface area contributed by atoms with Gasteiger partial charge in [0.1, 0.15) is 6.54 Å². The summed E-state index contributed by atoms with van der Waals surface area (Å²) in [5.74, 6) is 1.39. The van der Waals surface area contributed by atoms with Crippen LogP contribution >= 0.6 is 0 Å². The fraction of sp³-hybridized carbons (Fsp3) is 0.800. The number of aliphatic imine (C=N–C) groups is 1. The Labute approximate surface area is 162 Å². The van der Waals surface area contributed by atoms with Crippen molar-refractivity contribution in [3.63, 3.8) is 0 Å². The first kappa shape index (κ1) is 20.0. The molecule has 0 N–H and O–H groups in total. The highest BCUT2D eigenvalue weighted by molar-refractivity contribution is 6.23. The maximum atomic E-state index is 12.9. The first-order chi connectivity index (χ1) is 13.0. The van der Waals surface area contributed by atoms with Crippen molar-refractivity contribution in [2.45, 2.75) is 70.9 Å². The largest absolute Gasteiger partial charge is 0.333 e. The molecule has 2 fully saturated rings. The number of likely N-dealkylation sites (N-methyl/N-ethyl adjacent to an activating group) is 2. The van der Waals surface area contributed by atoms with E-state index in [-0.39, 0.29) is 11.9 Å². The van der Waals surface area contributed by atoms with Crippen molar-refractivity contribution in [3.05, 3.63) is 0 Å². The summed E-state index contributed by atoms with van der Waals surface area (Å²) in [4.78, 5) is 35.4. The van der Waals surface area contributed by atoms with Crippen LogP contribution in [0.2, 0.25) is 0 Å². The van der Waals surface area contributed by atoms with E-state index in [1.54, 1.807) is 19.0 Å². The van der Waals surface area contributed by atoms with Crippen LogP contribution in [0.3, 0.4) is 0 Å². The first-order valence-electron chi connectivity index (χ1n) is 10.5. The molecule has 0 aromatic carbocycles. The summed E-state index contributed by atoms with van der Waals surface area (Å²) in [5.41, 5.74) is 0. The number of piperidine rings is 1. The van der Waals surface area contributed by atoms with Gasteiger partial charge in [0, 0.05) is 20.1 Å². The van der Waals surface area contributed by atoms with Crippen LogP contribution in [0.5, 0.6) is 0 Å². The molecule has 3 heterocycles. The SMILES string of the molecule is CCCCC[N+]1=C(CN2CCCCC2CC)N=C2C1C(=O)N(C)C(=O)N2C. The normalized spacial score (nSPS) is 26.7. The minimum Gasteiger partial charge on any atom is -0.289 e. The van der Waals surface area contributed by atoms with E-state index >= 15 is 0 Å². The Kier molecular flexibility index (Phi) is 6.29. The van der Waals surface area contributed by atoms with E-state index < -0.39 is 6.04 Å². The number of unbranched alkanes of at least 4 members (excludes halogenated alkanes) is 2. The zero-order chi connectivity index (χ0) is 19.6. The molecule has 3 rings (SSSR count). The summed E-state index contributed by atoms with van der Waals surface area (Å²) < 4.78 is 2.16. The number of hydrogen-bond donors (Lipinski definition) is 0. The van der Waals surface area contributed by atoms with Gasteiger partial charge >= 0.3 is 11.9 Å². The zero-order valence-electron chi connectivity index (χ0n) is 17.3. The van der Waals surface area contributed by atoms with Crippen LogP contribution in [-0.4, -0.2) is 88.7 Å². The summed E-state index contributed by atoms with van der Waals surface area (Å²) >= 11 is 0. The second-order valence-corrected chi connectivity index (χ2v) is 7.96. The number of carbonyl (C=O) groups excluding carboxylic acids is 2. The van der Waals surface area contributed by atoms with E-state index in [1.165, 1.54) is 24.2 Å². The number of fused-ring (bicyclic) bond motifs is 1. The highest BCUT2D eigenvalue weighted by atomic mass is 16.2. The molecule has 0 aliphatic carbocycles. The molecule has 0 bridgehead atoms. The fourth-order valence-electron chi connectivity index (χ4n) is 4.48. The Hall–Kier alpha value is -1.76. The van der Waals surface area contributed by atoms with Gasteiger partial charge in [-0.3, -0.25) is 19.5 Å². The maximum absolute atomic E-state index is 12.9. The predicted octanol–water partition coefficient (Wildman–Crippen LogP) is 2.16. The third kappa shape index (κ3) is 3.79. The lowest BCUT2D eigenvalue weighted by molar-refractivity contribution is -0.537. The number of nitrogens with zero attached hydrogens (tertiary/aromatic N) is 5. The molecule has 0 radical (unpaired) electrons. The van der Waals surface area contributed by atoms with E-state index in [2.05, 4.69) is 23.3 Å². The molecule has 3 amide bonds. The van der Waals surface area contributed by atoms with Crippen LogP contribution in [0.1, 0.15) is 58.8 Å². The van der Waals surface area contributed by atoms with Gasteiger partial charge in [0.05, 0.1) is 6.54 Å². The van der Waals surface area contributed by atoms with Gasteiger partial charge in [0.25, 0.3) is 17.8 Å². The Morgan fingerprint density at radius 2 is 1.89 bits per heavy atom. The molecule has 3 aliphatic rings. The van der Waals surface area contributed by atoms with Crippen LogP contribution < -0.4 is 0 Å². The second-order valence-electron chi connectivity index (χ2n) is 7.96. The Balaban J connectivity index is 1.89. The van der Waals surface area contributed by atoms with Gasteiger partial charge < -0.3 is 0 Å². The van der Waals surface area contributed by atoms with Crippen molar-refractivity contribution >= 4 is 23.6 Å². The molecule has 7 heteroatoms. The number of likely N-dealkylation sites (tertiary alicyclic amines) is 1. The van der Waals surface area contributed by atoms with Crippen molar-refractivity contribution < 1.29 is 14.2 Å². The van der Waals surface area contributed by atoms with Crippen molar-refractivity contribution in [1.82, 2.24) is 14.7 Å². The highest BCUT2D eigenvalue weighted by Crippen LogP contribution is 2.23. The van der Waals surface area contributed by atoms with E-state index in [0.717, 1.165) is 51.2 Å². The molecule has 2 unspecified atom stereocenters. The molecule has 2 saturated heterocycles. The third-order valence-electron chi connectivity index (χ3n) is 6.18. The number of imide groups is 1. The van der Waals surface area contributed by atoms with Gasteiger partial charge in [0.2, 0.25) is 0 Å². The molecule has 0 aromatic rings. The summed E-state index contributed by atoms with van der Waals surface area (Å²) in [6.07, 6.45) is 8.19. The number of amides is 3. The standard InChI is InChI=1S/C20H34N5O2/c1-5-7-9-13-25-16(14-24-12-10-8-11-15(24)6-2)21-18-17(25)19(26)23(4)20(27)22(18)3/h15,17H,5-14H2,1-4H3/q+1. The molecule has 27 heavy (non-hydrogen) atoms. The van der Waals surface area contributed by atoms with Gasteiger partial charge in [-0.25, -0.2) is 9.37 Å². The molecule has 0 aromatic heterocycles. The van der Waals surface area contributed by atoms with Crippen LogP contribution in [0.25, 0.3) is 0 Å². The van der Waals surface area contributed by atoms with Crippen LogP contribution in [0.15, 0.2) is 4.99 Å². The Bertz CT molecular complexity index is 657. The van der Waals surface area contributed by atoms with Crippen LogP contribution in [0.4, 0.5) is 4.79 Å². The third-order valence-corrected chi connectivity index (χ3v) is 6.18. The smallest absolute Gasteiger partial charge is 0.289 e. The first-order valence-corrected chi connectivity index (χ1v) is 10.5. The van der Waals surface area contributed by atoms with Gasteiger partial charge in [-0.05, 0) is 43.6 Å². The lowest BCUT2D eigenvalue weighted by Gasteiger charge is -2.34. The van der Waals surface area contributed by atoms with Crippen LogP contribution in [0, 0.1) is 0 Å². The lowest BCUT2D eigenvalue weighted by atomic mass is 10.00. The molecular formula is C20H34N5O2+. The maximum Gasteiger partial charge on any atom is 0.333 e. The quantitative estimate of drug-likeness (QED) is 0.505. The molecule has 0 saturated carbocycles. The zero-order valence-corrected chi connectivity index (χ0v) is 17.3. The van der Waals surface area contributed by atoms with Gasteiger partial charge in [-0.2, -0.15) is 0 Å². The second kappa shape index (κ2) is 8.50. The summed E-state index contributed by atoms with van der Waals surface area (Å²) in [6.45, 7) is 7.10. The van der Waals surface area contributed by atoms with Crippen molar-refractivity contribution in [1.29, 1.82) is 0 Å². The fourth-order valence-corrected chi connectivity index (χ4v) is 4.48. The summed E-state index contributed by atoms with van der Waals surface area (Å²) in [7, 11) is 3.29. The number of urea groups is 1. The molecular weight excluding hydrogens is 342 g/mol. The van der Waals surface area contributed by atoms with Gasteiger partial charge in [-0.1, -0.05) is 26.7 Å². The number of rotatable bonds is 7. The lowest BCUT2D eigenvalue weighted by Crippen LogP contribution is -2.61. The van der Waals surface area contributed by atoms with Crippen molar-refractivity contribution in [2.75, 3.05) is 33.7 Å². The van der Waals surface area contributed by atoms with Crippen LogP contribution in [-0.2, 0) is 4.79 Å². The monoisotopic (exact) mass is 376 g/mol. The summed E-state index contributed by atoms with van der Waals surface area (Å²) in [5, 5.41) is 0. The van der Waals surface area contributed by atoms with Gasteiger partial charge in [0.15, 0.2) is 0 Å². The van der Waals surface area contributed by atoms with E-state index in [9.17, 15) is 9.59 Å². The molecule has 0 spiro atoms. The number of hydrogen-bond acceptors (Lipinski definition) is 4. The van der Waals surface area contributed by atoms with E-state index in [1.807, 2.05) is 0 Å². The topological polar surface area (TPSA) is 59.2 Å². The minimum absolute atomic E-state index is 0.158. The summed E-state index contributed by atoms with van der Waals surface area (Å²) in [6, 6.07) is -0.159. The molecule has 150 valence electrons. The molecule has 3 aliphatic heterocycles. The van der Waals surface area contributed by atoms with Crippen molar-refractivity contribution in [3.8, 4) is 0 Å². The Morgan fingerprint density at radius 3 is 2.59 bits per heavy atom. The van der Waals surface area contributed by atoms with Gasteiger partial charge in [-0.15, -0.1) is 0 Å². The number of carbonyl (C=O) groups is 2. The average molecular weight is 377 g/mol. The van der Waals surface area contributed by atoms with E-state index in [4.69, 9.17) is 4.99 Å². The minimum atomic E-state index is -0.450. The number of amidine groups is 2. The predicted molar refractivity (Wildman–Crippen MR) is 106 cm³/mol. The molecule has 7 nitrogen and oxygen atoms in total. The molecule has 2 atom stereocenters. The van der Waals surface area contributed by atoms with E-state index in [0.29, 0.717) is 11.9 Å². The van der Waals surface area contributed by atoms with Crippen molar-refractivity contribution in [2.24, 2.45) is 4.99 Å². The Morgan fingerprint density at radius 1 is 1.11 bits per heavy atom.